The Morgan fingerprint density at radius 1 is 1.04 bits per heavy atom. The summed E-state index contributed by atoms with van der Waals surface area (Å²) in [5, 5.41) is 1.50. The number of morpholine rings is 1. The summed E-state index contributed by atoms with van der Waals surface area (Å²) >= 11 is 1.41. The third kappa shape index (κ3) is 4.27. The molecule has 0 N–H and O–H groups in total. The second-order valence-electron chi connectivity index (χ2n) is 6.27. The SMILES string of the molecule is O=S(=O)(c1ccc(Sc2nccn2Cc2ccccc2)nc1)N1CCOCC1. The summed E-state index contributed by atoms with van der Waals surface area (Å²) < 4.78 is 34.1. The molecule has 28 heavy (non-hydrogen) atoms. The molecule has 3 aromatic rings. The molecule has 0 aliphatic carbocycles. The molecule has 2 aromatic heterocycles. The lowest BCUT2D eigenvalue weighted by molar-refractivity contribution is 0.0730. The molecule has 0 atom stereocenters. The number of aromatic nitrogens is 3. The van der Waals surface area contributed by atoms with Gasteiger partial charge in [0.25, 0.3) is 0 Å². The van der Waals surface area contributed by atoms with E-state index in [1.807, 2.05) is 29.0 Å². The molecule has 1 aliphatic rings. The predicted molar refractivity (Wildman–Crippen MR) is 106 cm³/mol. The van der Waals surface area contributed by atoms with Gasteiger partial charge in [-0.2, -0.15) is 4.31 Å². The second kappa shape index (κ2) is 8.44. The fourth-order valence-corrected chi connectivity index (χ4v) is 5.05. The molecule has 0 saturated carbocycles. The van der Waals surface area contributed by atoms with Crippen molar-refractivity contribution in [2.45, 2.75) is 21.6 Å². The molecule has 0 spiro atoms. The minimum Gasteiger partial charge on any atom is -0.379 e. The highest BCUT2D eigenvalue weighted by Gasteiger charge is 2.26. The van der Waals surface area contributed by atoms with E-state index in [1.165, 1.54) is 27.8 Å². The van der Waals surface area contributed by atoms with Gasteiger partial charge in [-0.1, -0.05) is 30.3 Å². The minimum atomic E-state index is -3.53. The van der Waals surface area contributed by atoms with Crippen LogP contribution in [0.1, 0.15) is 5.56 Å². The Morgan fingerprint density at radius 3 is 2.54 bits per heavy atom. The Labute approximate surface area is 168 Å². The van der Waals surface area contributed by atoms with Crippen molar-refractivity contribution in [1.29, 1.82) is 0 Å². The summed E-state index contributed by atoms with van der Waals surface area (Å²) in [5.74, 6) is 0. The van der Waals surface area contributed by atoms with Gasteiger partial charge in [0.15, 0.2) is 5.16 Å². The zero-order chi connectivity index (χ0) is 19.4. The zero-order valence-corrected chi connectivity index (χ0v) is 16.8. The molecule has 4 rings (SSSR count). The first-order valence-electron chi connectivity index (χ1n) is 8.90. The maximum Gasteiger partial charge on any atom is 0.244 e. The van der Waals surface area contributed by atoms with Crippen molar-refractivity contribution >= 4 is 21.8 Å². The van der Waals surface area contributed by atoms with Gasteiger partial charge in [-0.3, -0.25) is 0 Å². The molecule has 1 fully saturated rings. The molecular weight excluding hydrogens is 396 g/mol. The van der Waals surface area contributed by atoms with Crippen LogP contribution in [0, 0.1) is 0 Å². The number of nitrogens with zero attached hydrogens (tertiary/aromatic N) is 4. The summed E-state index contributed by atoms with van der Waals surface area (Å²) in [6, 6.07) is 13.5. The van der Waals surface area contributed by atoms with Gasteiger partial charge in [0.1, 0.15) is 9.92 Å². The van der Waals surface area contributed by atoms with E-state index in [0.29, 0.717) is 37.9 Å². The first-order valence-corrected chi connectivity index (χ1v) is 11.2. The predicted octanol–water partition coefficient (Wildman–Crippen LogP) is 2.50. The van der Waals surface area contributed by atoms with Gasteiger partial charge in [0, 0.05) is 38.2 Å². The highest BCUT2D eigenvalue weighted by molar-refractivity contribution is 7.99. The van der Waals surface area contributed by atoms with Gasteiger partial charge in [-0.25, -0.2) is 18.4 Å². The summed E-state index contributed by atoms with van der Waals surface area (Å²) in [6.45, 7) is 2.30. The highest BCUT2D eigenvalue weighted by Crippen LogP contribution is 2.26. The number of pyridine rings is 1. The average molecular weight is 417 g/mol. The standard InChI is InChI=1S/C19H20N4O3S2/c24-28(25,23-10-12-26-13-11-23)17-6-7-18(21-14-17)27-19-20-8-9-22(19)15-16-4-2-1-3-5-16/h1-9,14H,10-13,15H2. The van der Waals surface area contributed by atoms with Crippen LogP contribution >= 0.6 is 11.8 Å². The molecular formula is C19H20N4O3S2. The second-order valence-corrected chi connectivity index (χ2v) is 9.20. The van der Waals surface area contributed by atoms with Gasteiger partial charge in [0.2, 0.25) is 10.0 Å². The van der Waals surface area contributed by atoms with Crippen molar-refractivity contribution in [2.75, 3.05) is 26.3 Å². The van der Waals surface area contributed by atoms with Crippen LogP contribution in [0.2, 0.25) is 0 Å². The first-order chi connectivity index (χ1) is 13.6. The van der Waals surface area contributed by atoms with Crippen LogP contribution in [-0.4, -0.2) is 53.6 Å². The normalized spacial score (nSPS) is 15.6. The topological polar surface area (TPSA) is 77.3 Å². The van der Waals surface area contributed by atoms with E-state index in [4.69, 9.17) is 4.74 Å². The Morgan fingerprint density at radius 2 is 1.82 bits per heavy atom. The van der Waals surface area contributed by atoms with Crippen LogP contribution in [0.3, 0.4) is 0 Å². The average Bonchev–Trinajstić information content (AvgIpc) is 3.16. The van der Waals surface area contributed by atoms with Crippen molar-refractivity contribution in [3.63, 3.8) is 0 Å². The number of ether oxygens (including phenoxy) is 1. The largest absolute Gasteiger partial charge is 0.379 e. The van der Waals surface area contributed by atoms with Crippen LogP contribution in [0.5, 0.6) is 0 Å². The summed E-state index contributed by atoms with van der Waals surface area (Å²) in [5.41, 5.74) is 1.18. The highest BCUT2D eigenvalue weighted by atomic mass is 32.2. The molecule has 1 saturated heterocycles. The van der Waals surface area contributed by atoms with Crippen molar-refractivity contribution < 1.29 is 13.2 Å². The van der Waals surface area contributed by atoms with Crippen LogP contribution in [0.4, 0.5) is 0 Å². The lowest BCUT2D eigenvalue weighted by Crippen LogP contribution is -2.40. The third-order valence-electron chi connectivity index (χ3n) is 4.39. The van der Waals surface area contributed by atoms with E-state index in [2.05, 4.69) is 22.1 Å². The van der Waals surface area contributed by atoms with Gasteiger partial charge in [-0.15, -0.1) is 0 Å². The minimum absolute atomic E-state index is 0.200. The van der Waals surface area contributed by atoms with Gasteiger partial charge in [0.05, 0.1) is 13.2 Å². The monoisotopic (exact) mass is 416 g/mol. The Hall–Kier alpha value is -2.20. The maximum absolute atomic E-state index is 12.7. The van der Waals surface area contributed by atoms with Crippen molar-refractivity contribution in [2.24, 2.45) is 0 Å². The van der Waals surface area contributed by atoms with E-state index in [0.717, 1.165) is 5.16 Å². The molecule has 0 amide bonds. The number of rotatable bonds is 6. The van der Waals surface area contributed by atoms with E-state index in [1.54, 1.807) is 18.3 Å². The zero-order valence-electron chi connectivity index (χ0n) is 15.1. The van der Waals surface area contributed by atoms with E-state index >= 15 is 0 Å². The number of sulfonamides is 1. The Bertz CT molecular complexity index is 1010. The molecule has 146 valence electrons. The molecule has 3 heterocycles. The molecule has 0 bridgehead atoms. The van der Waals surface area contributed by atoms with Crippen molar-refractivity contribution in [3.05, 3.63) is 66.6 Å². The fourth-order valence-electron chi connectivity index (χ4n) is 2.91. The van der Waals surface area contributed by atoms with E-state index in [9.17, 15) is 8.42 Å². The molecule has 0 unspecified atom stereocenters. The summed E-state index contributed by atoms with van der Waals surface area (Å²) in [4.78, 5) is 8.93. The Balaban J connectivity index is 1.48. The molecule has 7 nitrogen and oxygen atoms in total. The summed E-state index contributed by atoms with van der Waals surface area (Å²) in [7, 11) is -3.53. The van der Waals surface area contributed by atoms with Crippen molar-refractivity contribution in [1.82, 2.24) is 18.8 Å². The molecule has 1 aromatic carbocycles. The molecule has 0 radical (unpaired) electrons. The number of hydrogen-bond acceptors (Lipinski definition) is 6. The van der Waals surface area contributed by atoms with Gasteiger partial charge >= 0.3 is 0 Å². The smallest absolute Gasteiger partial charge is 0.244 e. The van der Waals surface area contributed by atoms with Crippen LogP contribution in [-0.2, 0) is 21.3 Å². The van der Waals surface area contributed by atoms with E-state index < -0.39 is 10.0 Å². The van der Waals surface area contributed by atoms with Gasteiger partial charge < -0.3 is 9.30 Å². The van der Waals surface area contributed by atoms with Crippen LogP contribution < -0.4 is 0 Å². The fraction of sp³-hybridized carbons (Fsp3) is 0.263. The van der Waals surface area contributed by atoms with Crippen LogP contribution in [0.25, 0.3) is 0 Å². The molecule has 1 aliphatic heterocycles. The number of imidazole rings is 1. The lowest BCUT2D eigenvalue weighted by atomic mass is 10.2. The van der Waals surface area contributed by atoms with Crippen LogP contribution in [0.15, 0.2) is 76.1 Å². The van der Waals surface area contributed by atoms with Gasteiger partial charge in [-0.05, 0) is 29.5 Å². The third-order valence-corrected chi connectivity index (χ3v) is 7.24. The Kier molecular flexibility index (Phi) is 5.77. The maximum atomic E-state index is 12.7. The first kappa shape index (κ1) is 19.1. The number of benzene rings is 1. The summed E-state index contributed by atoms with van der Waals surface area (Å²) in [6.07, 6.45) is 5.09. The lowest BCUT2D eigenvalue weighted by Gasteiger charge is -2.25. The molecule has 9 heteroatoms. The quantitative estimate of drug-likeness (QED) is 0.614. The van der Waals surface area contributed by atoms with E-state index in [-0.39, 0.29) is 4.90 Å². The number of hydrogen-bond donors (Lipinski definition) is 0. The van der Waals surface area contributed by atoms with Crippen molar-refractivity contribution in [3.8, 4) is 0 Å².